The van der Waals surface area contributed by atoms with E-state index in [9.17, 15) is 30.3 Å². The molecular formula is C23H24BrN3O7S. The van der Waals surface area contributed by atoms with Gasteiger partial charge in [-0.05, 0) is 51.7 Å². The summed E-state index contributed by atoms with van der Waals surface area (Å²) in [5.74, 6) is -1.99. The van der Waals surface area contributed by atoms with Crippen LogP contribution < -0.4 is 0 Å². The molecule has 0 radical (unpaired) electrons. The molecule has 1 aliphatic heterocycles. The minimum Gasteiger partial charge on any atom is -0.480 e. The second kappa shape index (κ2) is 9.77. The molecule has 0 spiro atoms. The van der Waals surface area contributed by atoms with Crippen molar-refractivity contribution < 1.29 is 35.1 Å². The fraction of sp³-hybridized carbons (Fsp3) is 0.435. The topological polar surface area (TPSA) is 158 Å². The van der Waals surface area contributed by atoms with Crippen molar-refractivity contribution >= 4 is 44.4 Å². The van der Waals surface area contributed by atoms with Crippen LogP contribution in [0.25, 0.3) is 16.5 Å². The van der Waals surface area contributed by atoms with E-state index in [1.54, 1.807) is 4.57 Å². The van der Waals surface area contributed by atoms with Gasteiger partial charge in [-0.1, -0.05) is 42.1 Å². The number of fused-ring (bicyclic) bond motifs is 1. The molecule has 1 aliphatic carbocycles. The molecule has 2 aromatic carbocycles. The van der Waals surface area contributed by atoms with E-state index in [4.69, 9.17) is 4.74 Å². The lowest BCUT2D eigenvalue weighted by molar-refractivity contribution is -0.150. The van der Waals surface area contributed by atoms with Crippen LogP contribution in [0, 0.1) is 5.92 Å². The number of benzene rings is 2. The molecule has 2 aliphatic rings. The third-order valence-electron chi connectivity index (χ3n) is 6.54. The van der Waals surface area contributed by atoms with Crippen molar-refractivity contribution in [3.63, 3.8) is 0 Å². The van der Waals surface area contributed by atoms with E-state index in [1.807, 2.05) is 24.3 Å². The summed E-state index contributed by atoms with van der Waals surface area (Å²) in [4.78, 5) is 12.3. The molecule has 35 heavy (non-hydrogen) atoms. The highest BCUT2D eigenvalue weighted by Crippen LogP contribution is 2.45. The molecule has 6 atom stereocenters. The lowest BCUT2D eigenvalue weighted by Crippen LogP contribution is -2.45. The first-order chi connectivity index (χ1) is 16.8. The molecule has 6 unspecified atom stereocenters. The molecule has 12 heteroatoms. The summed E-state index contributed by atoms with van der Waals surface area (Å²) < 4.78 is 7.25. The predicted octanol–water partition coefficient (Wildman–Crippen LogP) is 1.65. The van der Waals surface area contributed by atoms with Crippen LogP contribution in [-0.2, 0) is 9.53 Å². The minimum absolute atomic E-state index is 0.236. The molecule has 1 saturated heterocycles. The van der Waals surface area contributed by atoms with Crippen molar-refractivity contribution in [2.45, 2.75) is 53.8 Å². The number of aliphatic hydroxyl groups excluding tert-OH is 4. The van der Waals surface area contributed by atoms with E-state index in [0.717, 1.165) is 41.1 Å². The zero-order chi connectivity index (χ0) is 24.9. The van der Waals surface area contributed by atoms with Gasteiger partial charge in [0.1, 0.15) is 17.5 Å². The summed E-state index contributed by atoms with van der Waals surface area (Å²) in [7, 11) is 0. The molecule has 0 amide bonds. The number of carboxylic acids is 1. The van der Waals surface area contributed by atoms with Crippen LogP contribution in [0.15, 0.2) is 46.3 Å². The van der Waals surface area contributed by atoms with E-state index >= 15 is 0 Å². The highest BCUT2D eigenvalue weighted by Gasteiger charge is 2.52. The molecule has 1 saturated carbocycles. The second-order valence-electron chi connectivity index (χ2n) is 8.77. The Morgan fingerprint density at radius 2 is 1.89 bits per heavy atom. The Kier molecular flexibility index (Phi) is 6.87. The first-order valence-electron chi connectivity index (χ1n) is 11.1. The highest BCUT2D eigenvalue weighted by atomic mass is 79.9. The Bertz CT molecular complexity index is 1250. The van der Waals surface area contributed by atoms with Crippen LogP contribution >= 0.6 is 27.7 Å². The fourth-order valence-electron chi connectivity index (χ4n) is 4.71. The Labute approximate surface area is 212 Å². The van der Waals surface area contributed by atoms with Crippen molar-refractivity contribution in [2.75, 3.05) is 6.61 Å². The van der Waals surface area contributed by atoms with E-state index in [-0.39, 0.29) is 5.16 Å². The monoisotopic (exact) mass is 565 g/mol. The molecule has 2 heterocycles. The third kappa shape index (κ3) is 4.48. The van der Waals surface area contributed by atoms with Crippen LogP contribution in [0.3, 0.4) is 0 Å². The van der Waals surface area contributed by atoms with Gasteiger partial charge in [-0.15, -0.1) is 10.2 Å². The molecule has 0 bridgehead atoms. The molecular weight excluding hydrogens is 542 g/mol. The Morgan fingerprint density at radius 3 is 2.54 bits per heavy atom. The maximum atomic E-state index is 12.3. The maximum absolute atomic E-state index is 12.3. The Hall–Kier alpha value is -2.06. The molecule has 10 nitrogen and oxygen atoms in total. The third-order valence-corrected chi connectivity index (χ3v) is 8.30. The van der Waals surface area contributed by atoms with Crippen LogP contribution in [-0.4, -0.2) is 82.7 Å². The fourth-order valence-corrected chi connectivity index (χ4v) is 6.44. The second-order valence-corrected chi connectivity index (χ2v) is 10.6. The summed E-state index contributed by atoms with van der Waals surface area (Å²) >= 11 is 4.24. The van der Waals surface area contributed by atoms with Gasteiger partial charge in [0.25, 0.3) is 0 Å². The minimum atomic E-state index is -1.70. The summed E-state index contributed by atoms with van der Waals surface area (Å²) in [6, 6.07) is 12.0. The smallest absolute Gasteiger partial charge is 0.317 e. The van der Waals surface area contributed by atoms with E-state index in [0.29, 0.717) is 10.7 Å². The van der Waals surface area contributed by atoms with Gasteiger partial charge in [0.2, 0.25) is 4.73 Å². The van der Waals surface area contributed by atoms with Gasteiger partial charge in [0.15, 0.2) is 11.4 Å². The van der Waals surface area contributed by atoms with Gasteiger partial charge in [0.05, 0.1) is 18.4 Å². The number of aromatic nitrogens is 3. The largest absolute Gasteiger partial charge is 0.480 e. The average Bonchev–Trinajstić information content (AvgIpc) is 3.57. The number of aliphatic hydroxyl groups is 4. The van der Waals surface area contributed by atoms with Crippen LogP contribution in [0.1, 0.15) is 24.3 Å². The summed E-state index contributed by atoms with van der Waals surface area (Å²) in [6.07, 6.45) is -3.76. The molecule has 3 aromatic rings. The first kappa shape index (κ1) is 24.6. The maximum Gasteiger partial charge on any atom is 0.317 e. The van der Waals surface area contributed by atoms with E-state index in [1.165, 1.54) is 5.56 Å². The molecule has 2 fully saturated rings. The Morgan fingerprint density at radius 1 is 1.17 bits per heavy atom. The SMILES string of the molecule is O=C(O)C(Sc1nnc(Br)n1-c1ccc(C2CC2)c2ccccc12)C1C(O)C(O)OC1C(O)CO. The number of rotatable bonds is 8. The van der Waals surface area contributed by atoms with Crippen molar-refractivity contribution in [3.05, 3.63) is 46.7 Å². The molecule has 1 aromatic heterocycles. The number of hydrogen-bond donors (Lipinski definition) is 5. The molecule has 5 N–H and O–H groups in total. The highest BCUT2D eigenvalue weighted by molar-refractivity contribution is 9.10. The van der Waals surface area contributed by atoms with Crippen LogP contribution in [0.2, 0.25) is 0 Å². The summed E-state index contributed by atoms with van der Waals surface area (Å²) in [5.41, 5.74) is 2.02. The van der Waals surface area contributed by atoms with Gasteiger partial charge >= 0.3 is 5.97 Å². The number of carboxylic acid groups (broad SMARTS) is 1. The molecule has 5 rings (SSSR count). The summed E-state index contributed by atoms with van der Waals surface area (Å²) in [6.45, 7) is -0.724. The lowest BCUT2D eigenvalue weighted by atomic mass is 9.91. The van der Waals surface area contributed by atoms with Crippen molar-refractivity contribution in [1.82, 2.24) is 14.8 Å². The number of hydrogen-bond acceptors (Lipinski definition) is 9. The zero-order valence-electron chi connectivity index (χ0n) is 18.3. The quantitative estimate of drug-likeness (QED) is 0.254. The summed E-state index contributed by atoms with van der Waals surface area (Å²) in [5, 5.41) is 59.2. The number of carbonyl (C=O) groups is 1. The van der Waals surface area contributed by atoms with Crippen molar-refractivity contribution in [1.29, 1.82) is 0 Å². The predicted molar refractivity (Wildman–Crippen MR) is 129 cm³/mol. The number of aliphatic carboxylic acids is 1. The number of ether oxygens (including phenoxy) is 1. The van der Waals surface area contributed by atoms with Crippen molar-refractivity contribution in [2.24, 2.45) is 5.92 Å². The van der Waals surface area contributed by atoms with Gasteiger partial charge in [-0.2, -0.15) is 0 Å². The lowest BCUT2D eigenvalue weighted by Gasteiger charge is -2.27. The normalized spacial score (nSPS) is 26.2. The number of thioether (sulfide) groups is 1. The van der Waals surface area contributed by atoms with E-state index < -0.39 is 48.3 Å². The van der Waals surface area contributed by atoms with Crippen LogP contribution in [0.5, 0.6) is 0 Å². The van der Waals surface area contributed by atoms with Crippen LogP contribution in [0.4, 0.5) is 0 Å². The van der Waals surface area contributed by atoms with Gasteiger partial charge in [0, 0.05) is 11.3 Å². The standard InChI is InChI=1S/C23H24BrN3O7S/c24-22-25-26-23(35-19(20(31)32)16-17(30)21(33)34-18(16)15(29)9-28)27(22)14-8-7-11(10-5-6-10)12-3-1-2-4-13(12)14/h1-4,7-8,10,15-19,21,28-30,33H,5-6,9H2,(H,31,32). The van der Waals surface area contributed by atoms with Gasteiger partial charge < -0.3 is 30.3 Å². The van der Waals surface area contributed by atoms with E-state index in [2.05, 4.69) is 38.3 Å². The number of nitrogens with zero attached hydrogens (tertiary/aromatic N) is 3. The zero-order valence-corrected chi connectivity index (χ0v) is 20.7. The number of halogens is 1. The molecule has 186 valence electrons. The average molecular weight is 566 g/mol. The first-order valence-corrected chi connectivity index (χ1v) is 12.8. The Balaban J connectivity index is 1.56. The van der Waals surface area contributed by atoms with Gasteiger partial charge in [-0.25, -0.2) is 0 Å². The van der Waals surface area contributed by atoms with Crippen molar-refractivity contribution in [3.8, 4) is 5.69 Å². The van der Waals surface area contributed by atoms with Gasteiger partial charge in [-0.3, -0.25) is 9.36 Å².